The van der Waals surface area contributed by atoms with Crippen LogP contribution in [0.4, 0.5) is 4.39 Å². The van der Waals surface area contributed by atoms with E-state index in [0.29, 0.717) is 11.7 Å². The van der Waals surface area contributed by atoms with Crippen LogP contribution in [-0.2, 0) is 4.79 Å². The maximum absolute atomic E-state index is 12.5. The summed E-state index contributed by atoms with van der Waals surface area (Å²) in [5, 5.41) is 9.85. The first-order valence-electron chi connectivity index (χ1n) is 9.57. The molecule has 0 bridgehead atoms. The van der Waals surface area contributed by atoms with Crippen LogP contribution in [0.5, 0.6) is 0 Å². The highest BCUT2D eigenvalue weighted by molar-refractivity contribution is 6.05. The maximum Gasteiger partial charge on any atom is 0.236 e. The largest absolute Gasteiger partial charge is 0.342 e. The van der Waals surface area contributed by atoms with E-state index in [1.165, 1.54) is 24.9 Å². The van der Waals surface area contributed by atoms with E-state index in [0.717, 1.165) is 37.9 Å². The van der Waals surface area contributed by atoms with Crippen LogP contribution in [0.2, 0.25) is 0 Å². The second kappa shape index (κ2) is 7.00. The van der Waals surface area contributed by atoms with Crippen molar-refractivity contribution >= 4 is 12.1 Å². The van der Waals surface area contributed by atoms with E-state index in [2.05, 4.69) is 26.7 Å². The molecule has 2 aromatic rings. The second-order valence-electron chi connectivity index (χ2n) is 7.80. The van der Waals surface area contributed by atoms with Gasteiger partial charge in [-0.05, 0) is 56.9 Å². The molecular weight excluding hydrogens is 361 g/mol. The third-order valence-electron chi connectivity index (χ3n) is 6.11. The minimum Gasteiger partial charge on any atom is -0.342 e. The van der Waals surface area contributed by atoms with Crippen molar-refractivity contribution in [3.8, 4) is 11.4 Å². The molecule has 2 fully saturated rings. The van der Waals surface area contributed by atoms with Crippen molar-refractivity contribution in [1.29, 1.82) is 0 Å². The summed E-state index contributed by atoms with van der Waals surface area (Å²) < 4.78 is 17.0. The monoisotopic (exact) mass is 385 g/mol. The molecule has 0 spiro atoms. The van der Waals surface area contributed by atoms with E-state index < -0.39 is 0 Å². The van der Waals surface area contributed by atoms with Crippen LogP contribution in [0.1, 0.15) is 32.6 Å². The van der Waals surface area contributed by atoms with Crippen LogP contribution in [-0.4, -0.2) is 57.8 Å². The van der Waals surface area contributed by atoms with Gasteiger partial charge in [0.1, 0.15) is 11.2 Å². The van der Waals surface area contributed by atoms with E-state index in [1.54, 1.807) is 12.1 Å². The zero-order valence-corrected chi connectivity index (χ0v) is 16.1. The van der Waals surface area contributed by atoms with Crippen molar-refractivity contribution in [2.75, 3.05) is 20.1 Å². The Hall–Kier alpha value is -2.77. The number of rotatable bonds is 2. The highest BCUT2D eigenvalue weighted by Gasteiger charge is 2.74. The number of hydrogen-bond acceptors (Lipinski definition) is 6. The van der Waals surface area contributed by atoms with E-state index >= 15 is 0 Å². The number of amides is 1. The molecule has 3 aliphatic rings. The van der Waals surface area contributed by atoms with Gasteiger partial charge in [0.25, 0.3) is 0 Å². The molecule has 0 radical (unpaired) electrons. The smallest absolute Gasteiger partial charge is 0.236 e. The van der Waals surface area contributed by atoms with Gasteiger partial charge < -0.3 is 9.42 Å². The molecule has 28 heavy (non-hydrogen) atoms. The number of aromatic nitrogens is 2. The predicted molar refractivity (Wildman–Crippen MR) is 102 cm³/mol. The predicted octanol–water partition coefficient (Wildman–Crippen LogP) is 2.95. The molecule has 1 amide bonds. The third-order valence-corrected chi connectivity index (χ3v) is 6.11. The fourth-order valence-electron chi connectivity index (χ4n) is 4.04. The summed E-state index contributed by atoms with van der Waals surface area (Å²) in [6.45, 7) is 4.02. The van der Waals surface area contributed by atoms with Crippen LogP contribution in [0.3, 0.4) is 0 Å². The zero-order valence-electron chi connectivity index (χ0n) is 16.1. The summed E-state index contributed by atoms with van der Waals surface area (Å²) in [5.41, 5.74) is 0.408. The van der Waals surface area contributed by atoms with Crippen LogP contribution in [0.15, 0.2) is 40.3 Å². The molecule has 148 valence electrons. The Balaban J connectivity index is 0.000000143. The third kappa shape index (κ3) is 3.06. The molecule has 5 rings (SSSR count). The Morgan fingerprint density at radius 3 is 2.43 bits per heavy atom. The lowest BCUT2D eigenvalue weighted by molar-refractivity contribution is -0.136. The van der Waals surface area contributed by atoms with Crippen molar-refractivity contribution in [2.45, 2.75) is 38.1 Å². The maximum atomic E-state index is 12.5. The van der Waals surface area contributed by atoms with Gasteiger partial charge in [-0.1, -0.05) is 5.16 Å². The first-order valence-corrected chi connectivity index (χ1v) is 9.57. The summed E-state index contributed by atoms with van der Waals surface area (Å²) in [7, 11) is 1.97. The highest BCUT2D eigenvalue weighted by atomic mass is 19.1. The number of nitrogens with zero attached hydrogens (tertiary/aromatic N) is 5. The minimum atomic E-state index is -0.293. The van der Waals surface area contributed by atoms with Gasteiger partial charge in [0.05, 0.1) is 5.54 Å². The van der Waals surface area contributed by atoms with E-state index in [4.69, 9.17) is 0 Å². The lowest BCUT2D eigenvalue weighted by atomic mass is 9.99. The van der Waals surface area contributed by atoms with Gasteiger partial charge in [0.15, 0.2) is 0 Å². The fraction of sp³-hybridized carbons (Fsp3) is 0.500. The summed E-state index contributed by atoms with van der Waals surface area (Å²) in [5.74, 6) is 0.500. The molecule has 1 aliphatic carbocycles. The summed E-state index contributed by atoms with van der Waals surface area (Å²) in [6, 6.07) is 5.90. The Kier molecular flexibility index (Phi) is 4.64. The summed E-state index contributed by atoms with van der Waals surface area (Å²) in [4.78, 5) is 18.4. The summed E-state index contributed by atoms with van der Waals surface area (Å²) >= 11 is 0. The van der Waals surface area contributed by atoms with Gasteiger partial charge in [-0.3, -0.25) is 9.80 Å². The van der Waals surface area contributed by atoms with Gasteiger partial charge in [-0.15, -0.1) is 0 Å². The molecule has 3 heterocycles. The number of piperidine rings is 1. The number of carbonyl (C=O) groups excluding carboxylic acids is 1. The van der Waals surface area contributed by atoms with Gasteiger partial charge >= 0.3 is 0 Å². The molecule has 8 heteroatoms. The summed E-state index contributed by atoms with van der Waals surface area (Å²) in [6.07, 6.45) is 7.64. The Labute approximate surface area is 163 Å². The molecule has 1 saturated heterocycles. The Morgan fingerprint density at radius 1 is 1.18 bits per heavy atom. The molecule has 0 N–H and O–H groups in total. The van der Waals surface area contributed by atoms with Crippen molar-refractivity contribution in [3.05, 3.63) is 36.5 Å². The van der Waals surface area contributed by atoms with E-state index in [-0.39, 0.29) is 16.8 Å². The zero-order chi connectivity index (χ0) is 19.8. The standard InChI is InChI=1S/C12H19N3O.C8H5FN2O/c1-11-8-12(11,9-13-14(11)2)10(16)15-6-4-3-5-7-15;9-7-3-1-6(2-4-7)8-10-5-12-11-8/h9H,3-8H2,1-2H3;1-5H. The van der Waals surface area contributed by atoms with E-state index in [1.807, 2.05) is 23.2 Å². The average molecular weight is 385 g/mol. The van der Waals surface area contributed by atoms with Gasteiger partial charge in [0, 0.05) is 31.9 Å². The molecule has 7 nitrogen and oxygen atoms in total. The molecule has 1 saturated carbocycles. The van der Waals surface area contributed by atoms with Crippen molar-refractivity contribution < 1.29 is 13.7 Å². The van der Waals surface area contributed by atoms with Crippen molar-refractivity contribution in [1.82, 2.24) is 20.0 Å². The van der Waals surface area contributed by atoms with Gasteiger partial charge in [-0.2, -0.15) is 10.1 Å². The quantitative estimate of drug-likeness (QED) is 0.795. The first kappa shape index (κ1) is 18.6. The van der Waals surface area contributed by atoms with Gasteiger partial charge in [-0.25, -0.2) is 4.39 Å². The number of hydrogen-bond donors (Lipinski definition) is 0. The average Bonchev–Trinajstić information content (AvgIpc) is 3.03. The molecule has 1 aromatic heterocycles. The molecule has 1 aromatic carbocycles. The molecule has 2 atom stereocenters. The lowest BCUT2D eigenvalue weighted by Gasteiger charge is -2.30. The fourth-order valence-corrected chi connectivity index (χ4v) is 4.04. The van der Waals surface area contributed by atoms with Crippen molar-refractivity contribution in [2.24, 2.45) is 10.5 Å². The van der Waals surface area contributed by atoms with Crippen LogP contribution in [0, 0.1) is 11.2 Å². The lowest BCUT2D eigenvalue weighted by Crippen LogP contribution is -2.44. The van der Waals surface area contributed by atoms with Crippen LogP contribution < -0.4 is 0 Å². The Morgan fingerprint density at radius 2 is 1.89 bits per heavy atom. The number of benzene rings is 1. The number of fused-ring (bicyclic) bond motifs is 1. The van der Waals surface area contributed by atoms with E-state index in [9.17, 15) is 9.18 Å². The molecular formula is C20H24FN5O2. The highest BCUT2D eigenvalue weighted by Crippen LogP contribution is 2.62. The minimum absolute atomic E-state index is 0.0401. The van der Waals surface area contributed by atoms with Gasteiger partial charge in [0.2, 0.25) is 18.1 Å². The number of hydrazone groups is 1. The number of halogens is 1. The first-order chi connectivity index (χ1) is 13.5. The van der Waals surface area contributed by atoms with Crippen LogP contribution in [0.25, 0.3) is 11.4 Å². The number of carbonyl (C=O) groups is 1. The Bertz CT molecular complexity index is 863. The second-order valence-corrected chi connectivity index (χ2v) is 7.80. The molecule has 2 unspecified atom stereocenters. The SMILES string of the molecule is CN1N=CC2(C(=O)N3CCCCC3)CC12C.Fc1ccc(-c2ncon2)cc1. The number of likely N-dealkylation sites (tertiary alicyclic amines) is 1. The van der Waals surface area contributed by atoms with Crippen LogP contribution >= 0.6 is 0 Å². The normalized spacial score (nSPS) is 27.8. The molecule has 2 aliphatic heterocycles. The topological polar surface area (TPSA) is 74.8 Å². The van der Waals surface area contributed by atoms with Crippen molar-refractivity contribution in [3.63, 3.8) is 0 Å².